The van der Waals surface area contributed by atoms with Gasteiger partial charge in [-0.1, -0.05) is 0 Å². The summed E-state index contributed by atoms with van der Waals surface area (Å²) in [6.45, 7) is 3.79. The van der Waals surface area contributed by atoms with Crippen LogP contribution in [0.5, 0.6) is 0 Å². The van der Waals surface area contributed by atoms with E-state index in [1.807, 2.05) is 11.8 Å². The van der Waals surface area contributed by atoms with Crippen molar-refractivity contribution in [3.63, 3.8) is 0 Å². The molecule has 0 aliphatic carbocycles. The molecule has 0 radical (unpaired) electrons. The molecule has 1 aromatic heterocycles. The molecule has 0 spiro atoms. The van der Waals surface area contributed by atoms with Crippen molar-refractivity contribution in [2.45, 2.75) is 25.8 Å². The Hall–Kier alpha value is -2.81. The zero-order valence-corrected chi connectivity index (χ0v) is 15.9. The maximum absolute atomic E-state index is 15.4. The summed E-state index contributed by atoms with van der Waals surface area (Å²) in [4.78, 5) is 26.3. The number of hydrogen-bond acceptors (Lipinski definition) is 6. The number of halogens is 1. The number of pyridine rings is 1. The van der Waals surface area contributed by atoms with Crippen molar-refractivity contribution in [1.29, 1.82) is 0 Å². The third-order valence-corrected chi connectivity index (χ3v) is 6.04. The summed E-state index contributed by atoms with van der Waals surface area (Å²) in [5.74, 6) is -1.76. The van der Waals surface area contributed by atoms with Crippen molar-refractivity contribution in [2.75, 3.05) is 42.3 Å². The predicted molar refractivity (Wildman–Crippen MR) is 106 cm³/mol. The Bertz CT molecular complexity index is 1050. The number of anilines is 2. The molecule has 2 aliphatic heterocycles. The quantitative estimate of drug-likeness (QED) is 0.662. The molecule has 150 valence electrons. The molecule has 0 amide bonds. The highest BCUT2D eigenvalue weighted by molar-refractivity contribution is 6.01. The molecule has 8 nitrogen and oxygen atoms in total. The largest absolute Gasteiger partial charge is 0.477 e. The summed E-state index contributed by atoms with van der Waals surface area (Å²) in [5.41, 5.74) is 12.2. The van der Waals surface area contributed by atoms with Gasteiger partial charge in [-0.15, -0.1) is 0 Å². The monoisotopic (exact) mass is 389 g/mol. The van der Waals surface area contributed by atoms with Gasteiger partial charge in [-0.05, 0) is 25.7 Å². The summed E-state index contributed by atoms with van der Waals surface area (Å²) in [6, 6.07) is 0.00431. The number of carboxylic acids is 1. The Balaban J connectivity index is 2.03. The molecule has 5 N–H and O–H groups in total. The van der Waals surface area contributed by atoms with Crippen LogP contribution in [0.2, 0.25) is 0 Å². The van der Waals surface area contributed by atoms with Crippen LogP contribution in [0, 0.1) is 11.7 Å². The first-order chi connectivity index (χ1) is 13.2. The summed E-state index contributed by atoms with van der Waals surface area (Å²) in [6.07, 6.45) is 2.69. The van der Waals surface area contributed by atoms with Gasteiger partial charge < -0.3 is 26.5 Å². The number of carbonyl (C=O) groups is 1. The molecule has 2 aliphatic rings. The highest BCUT2D eigenvalue weighted by Crippen LogP contribution is 2.40. The minimum atomic E-state index is -1.36. The molecule has 0 bridgehead atoms. The van der Waals surface area contributed by atoms with Gasteiger partial charge in [0.2, 0.25) is 5.43 Å². The standard InChI is InChI=1S/C19H24FN5O3/c1-9(21)10-3-6-24(7-10)17-11-4-5-23(2)25-8-12(19(27)28)18(26)13(16(11)25)15(22)14(17)20/h8-10H,3-7,21-22H2,1-2H3,(H,27,28)/t9-,10+/m0/s1. The average Bonchev–Trinajstić information content (AvgIpc) is 3.12. The van der Waals surface area contributed by atoms with Gasteiger partial charge in [0, 0.05) is 44.5 Å². The molecule has 0 saturated carbocycles. The fourth-order valence-corrected chi connectivity index (χ4v) is 4.41. The summed E-state index contributed by atoms with van der Waals surface area (Å²) < 4.78 is 17.0. The van der Waals surface area contributed by atoms with Crippen LogP contribution in [0.3, 0.4) is 0 Å². The van der Waals surface area contributed by atoms with Crippen LogP contribution in [0.1, 0.15) is 29.3 Å². The lowest BCUT2D eigenvalue weighted by Gasteiger charge is -2.34. The number of hydrogen-bond donors (Lipinski definition) is 3. The Kier molecular flexibility index (Phi) is 4.22. The number of nitrogens with zero attached hydrogens (tertiary/aromatic N) is 3. The predicted octanol–water partition coefficient (Wildman–Crippen LogP) is 0.718. The van der Waals surface area contributed by atoms with E-state index in [2.05, 4.69) is 0 Å². The lowest BCUT2D eigenvalue weighted by molar-refractivity contribution is 0.0695. The minimum Gasteiger partial charge on any atom is -0.477 e. The van der Waals surface area contributed by atoms with Crippen molar-refractivity contribution in [2.24, 2.45) is 11.7 Å². The van der Waals surface area contributed by atoms with E-state index in [1.165, 1.54) is 6.20 Å². The lowest BCUT2D eigenvalue weighted by atomic mass is 9.98. The second kappa shape index (κ2) is 6.37. The minimum absolute atomic E-state index is 0.00431. The molecule has 1 aromatic carbocycles. The number of benzene rings is 1. The maximum atomic E-state index is 15.4. The summed E-state index contributed by atoms with van der Waals surface area (Å²) in [7, 11) is 1.79. The van der Waals surface area contributed by atoms with Crippen LogP contribution in [0.4, 0.5) is 15.8 Å². The molecule has 3 heterocycles. The van der Waals surface area contributed by atoms with Crippen LogP contribution >= 0.6 is 0 Å². The SMILES string of the molecule is C[C@H](N)[C@@H]1CCN(c2c(F)c(N)c3c(=O)c(C(=O)O)cn4c3c2CCN4C)C1. The first kappa shape index (κ1) is 18.5. The van der Waals surface area contributed by atoms with Crippen LogP contribution in [-0.4, -0.2) is 48.5 Å². The van der Waals surface area contributed by atoms with Crippen molar-refractivity contribution in [3.05, 3.63) is 33.4 Å². The number of aromatic carboxylic acids is 1. The topological polar surface area (TPSA) is 118 Å². The molecule has 9 heteroatoms. The van der Waals surface area contributed by atoms with E-state index in [0.717, 1.165) is 6.42 Å². The average molecular weight is 389 g/mol. The van der Waals surface area contributed by atoms with Gasteiger partial charge in [0.1, 0.15) is 5.56 Å². The van der Waals surface area contributed by atoms with Crippen LogP contribution < -0.4 is 26.8 Å². The van der Waals surface area contributed by atoms with Crippen molar-refractivity contribution in [3.8, 4) is 0 Å². The van der Waals surface area contributed by atoms with Gasteiger partial charge in [-0.2, -0.15) is 0 Å². The molecular weight excluding hydrogens is 365 g/mol. The smallest absolute Gasteiger partial charge is 0.341 e. The van der Waals surface area contributed by atoms with E-state index in [9.17, 15) is 14.7 Å². The Morgan fingerprint density at radius 3 is 2.71 bits per heavy atom. The van der Waals surface area contributed by atoms with Crippen molar-refractivity contribution < 1.29 is 14.3 Å². The Morgan fingerprint density at radius 2 is 2.11 bits per heavy atom. The van der Waals surface area contributed by atoms with E-state index in [0.29, 0.717) is 42.8 Å². The molecule has 2 atom stereocenters. The second-order valence-electron chi connectivity index (χ2n) is 7.79. The van der Waals surface area contributed by atoms with E-state index in [-0.39, 0.29) is 23.0 Å². The van der Waals surface area contributed by atoms with Gasteiger partial charge in [-0.25, -0.2) is 9.18 Å². The van der Waals surface area contributed by atoms with Crippen molar-refractivity contribution >= 4 is 28.2 Å². The van der Waals surface area contributed by atoms with E-state index in [1.54, 1.807) is 16.7 Å². The molecular formula is C19H24FN5O3. The maximum Gasteiger partial charge on any atom is 0.341 e. The first-order valence-electron chi connectivity index (χ1n) is 9.36. The van der Waals surface area contributed by atoms with Crippen LogP contribution in [0.15, 0.2) is 11.0 Å². The molecule has 0 unspecified atom stereocenters. The van der Waals surface area contributed by atoms with Gasteiger partial charge in [-0.3, -0.25) is 9.47 Å². The number of carboxylic acid groups (broad SMARTS) is 1. The number of rotatable bonds is 3. The van der Waals surface area contributed by atoms with Crippen LogP contribution in [0.25, 0.3) is 10.9 Å². The van der Waals surface area contributed by atoms with Crippen molar-refractivity contribution in [1.82, 2.24) is 4.68 Å². The zero-order valence-electron chi connectivity index (χ0n) is 15.9. The first-order valence-corrected chi connectivity index (χ1v) is 9.36. The Morgan fingerprint density at radius 1 is 1.39 bits per heavy atom. The van der Waals surface area contributed by atoms with Crippen LogP contribution in [-0.2, 0) is 6.42 Å². The highest BCUT2D eigenvalue weighted by atomic mass is 19.1. The third-order valence-electron chi connectivity index (χ3n) is 6.04. The fourth-order valence-electron chi connectivity index (χ4n) is 4.41. The number of nitrogen functional groups attached to an aromatic ring is 1. The van der Waals surface area contributed by atoms with E-state index < -0.39 is 22.8 Å². The number of aromatic nitrogens is 1. The highest BCUT2D eigenvalue weighted by Gasteiger charge is 2.34. The molecule has 1 fully saturated rings. The molecule has 1 saturated heterocycles. The molecule has 4 rings (SSSR count). The third kappa shape index (κ3) is 2.53. The fraction of sp³-hybridized carbons (Fsp3) is 0.474. The van der Waals surface area contributed by atoms with E-state index in [4.69, 9.17) is 11.5 Å². The number of likely N-dealkylation sites (N-methyl/N-ethyl adjacent to an activating group) is 1. The van der Waals surface area contributed by atoms with Gasteiger partial charge in [0.25, 0.3) is 0 Å². The normalized spacial score (nSPS) is 20.1. The Labute approximate surface area is 161 Å². The van der Waals surface area contributed by atoms with Gasteiger partial charge in [0.05, 0.1) is 22.3 Å². The van der Waals surface area contributed by atoms with Gasteiger partial charge in [0.15, 0.2) is 5.82 Å². The second-order valence-corrected chi connectivity index (χ2v) is 7.79. The lowest BCUT2D eigenvalue weighted by Crippen LogP contribution is -2.40. The molecule has 28 heavy (non-hydrogen) atoms. The summed E-state index contributed by atoms with van der Waals surface area (Å²) >= 11 is 0. The number of nitrogens with two attached hydrogens (primary N) is 2. The zero-order chi connectivity index (χ0) is 20.3. The van der Waals surface area contributed by atoms with E-state index >= 15 is 4.39 Å². The van der Waals surface area contributed by atoms with Gasteiger partial charge >= 0.3 is 5.97 Å². The summed E-state index contributed by atoms with van der Waals surface area (Å²) in [5, 5.41) is 11.1. The molecule has 2 aromatic rings.